The number of nitrogens with one attached hydrogen (secondary N) is 1. The van der Waals surface area contributed by atoms with Gasteiger partial charge in [0, 0.05) is 12.7 Å². The number of nitrogen functional groups attached to an aromatic ring is 1. The van der Waals surface area contributed by atoms with E-state index in [9.17, 15) is 8.42 Å². The molecular formula is C8H11N5O2S. The first-order valence-corrected chi connectivity index (χ1v) is 6.13. The van der Waals surface area contributed by atoms with Crippen molar-refractivity contribution < 1.29 is 8.42 Å². The van der Waals surface area contributed by atoms with Crippen molar-refractivity contribution in [3.8, 4) is 0 Å². The number of nitrogens with two attached hydrogens (primary N) is 1. The highest BCUT2D eigenvalue weighted by Crippen LogP contribution is 2.12. The van der Waals surface area contributed by atoms with Crippen LogP contribution < -0.4 is 10.5 Å². The third-order valence-corrected chi connectivity index (χ3v) is 3.58. The van der Waals surface area contributed by atoms with Crippen molar-refractivity contribution in [3.05, 3.63) is 18.3 Å². The predicted molar refractivity (Wildman–Crippen MR) is 58.3 cm³/mol. The molecule has 7 nitrogen and oxygen atoms in total. The van der Waals surface area contributed by atoms with Gasteiger partial charge in [-0.1, -0.05) is 6.92 Å². The summed E-state index contributed by atoms with van der Waals surface area (Å²) in [6.07, 6.45) is 1.39. The summed E-state index contributed by atoms with van der Waals surface area (Å²) in [7, 11) is -3.48. The van der Waals surface area contributed by atoms with Gasteiger partial charge in [0.25, 0.3) is 0 Å². The van der Waals surface area contributed by atoms with Crippen LogP contribution in [0.3, 0.4) is 0 Å². The molecule has 2 aromatic heterocycles. The lowest BCUT2D eigenvalue weighted by Crippen LogP contribution is -2.23. The molecule has 0 aliphatic carbocycles. The molecule has 3 N–H and O–H groups in total. The van der Waals surface area contributed by atoms with Crippen molar-refractivity contribution in [2.45, 2.75) is 11.8 Å². The maximum atomic E-state index is 11.7. The van der Waals surface area contributed by atoms with Gasteiger partial charge in [-0.05, 0) is 12.1 Å². The molecule has 0 aliphatic rings. The quantitative estimate of drug-likeness (QED) is 0.761. The number of aromatic nitrogens is 3. The lowest BCUT2D eigenvalue weighted by atomic mass is 10.5. The number of rotatable bonds is 3. The zero-order chi connectivity index (χ0) is 11.8. The molecule has 86 valence electrons. The molecule has 0 amide bonds. The Morgan fingerprint density at radius 2 is 2.19 bits per heavy atom. The molecule has 2 aromatic rings. The van der Waals surface area contributed by atoms with E-state index in [1.54, 1.807) is 13.0 Å². The van der Waals surface area contributed by atoms with E-state index in [1.807, 2.05) is 0 Å². The Morgan fingerprint density at radius 1 is 1.44 bits per heavy atom. The van der Waals surface area contributed by atoms with Crippen LogP contribution in [-0.2, 0) is 10.0 Å². The van der Waals surface area contributed by atoms with Crippen LogP contribution in [-0.4, -0.2) is 29.6 Å². The summed E-state index contributed by atoms with van der Waals surface area (Å²) in [6.45, 7) is 2.04. The summed E-state index contributed by atoms with van der Waals surface area (Å²) in [4.78, 5) is 0.133. The Bertz CT molecular complexity index is 618. The standard InChI is InChI=1S/C8H11N5O2S/c1-2-10-16(14,15)6-3-4-7-11-12-8(9)13(7)5-6/h3-5,10H,2H2,1H3,(H2,9,12). The van der Waals surface area contributed by atoms with Gasteiger partial charge in [0.15, 0.2) is 5.65 Å². The predicted octanol–water partition coefficient (Wildman–Crippen LogP) is -0.390. The van der Waals surface area contributed by atoms with E-state index in [1.165, 1.54) is 16.7 Å². The van der Waals surface area contributed by atoms with Crippen molar-refractivity contribution in [1.82, 2.24) is 19.3 Å². The average molecular weight is 241 g/mol. The highest BCUT2D eigenvalue weighted by molar-refractivity contribution is 7.89. The molecule has 0 atom stereocenters. The van der Waals surface area contributed by atoms with Gasteiger partial charge in [-0.3, -0.25) is 4.40 Å². The van der Waals surface area contributed by atoms with Crippen molar-refractivity contribution >= 4 is 21.6 Å². The number of anilines is 1. The fourth-order valence-corrected chi connectivity index (χ4v) is 2.36. The molecule has 0 aliphatic heterocycles. The maximum Gasteiger partial charge on any atom is 0.242 e. The first kappa shape index (κ1) is 10.8. The van der Waals surface area contributed by atoms with Gasteiger partial charge in [0.1, 0.15) is 0 Å². The Labute approximate surface area is 92.3 Å². The smallest absolute Gasteiger partial charge is 0.242 e. The number of nitrogens with zero attached hydrogens (tertiary/aromatic N) is 3. The van der Waals surface area contributed by atoms with E-state index < -0.39 is 10.0 Å². The van der Waals surface area contributed by atoms with Crippen LogP contribution >= 0.6 is 0 Å². The van der Waals surface area contributed by atoms with Crippen molar-refractivity contribution in [3.63, 3.8) is 0 Å². The molecule has 8 heteroatoms. The van der Waals surface area contributed by atoms with Crippen LogP contribution in [0.1, 0.15) is 6.92 Å². The third-order valence-electron chi connectivity index (χ3n) is 2.05. The molecule has 0 aromatic carbocycles. The molecule has 0 spiro atoms. The Hall–Kier alpha value is -1.67. The molecule has 0 bridgehead atoms. The molecular weight excluding hydrogens is 230 g/mol. The number of pyridine rings is 1. The minimum atomic E-state index is -3.48. The molecule has 0 unspecified atom stereocenters. The third kappa shape index (κ3) is 1.72. The van der Waals surface area contributed by atoms with Gasteiger partial charge in [-0.2, -0.15) is 0 Å². The monoisotopic (exact) mass is 241 g/mol. The van der Waals surface area contributed by atoms with Crippen molar-refractivity contribution in [1.29, 1.82) is 0 Å². The van der Waals surface area contributed by atoms with Crippen LogP contribution in [0, 0.1) is 0 Å². The maximum absolute atomic E-state index is 11.7. The fraction of sp³-hybridized carbons (Fsp3) is 0.250. The lowest BCUT2D eigenvalue weighted by Gasteiger charge is -2.04. The van der Waals surface area contributed by atoms with Gasteiger partial charge in [-0.15, -0.1) is 10.2 Å². The fourth-order valence-electron chi connectivity index (χ4n) is 1.32. The highest BCUT2D eigenvalue weighted by atomic mass is 32.2. The second-order valence-corrected chi connectivity index (χ2v) is 4.92. The largest absolute Gasteiger partial charge is 0.368 e. The molecule has 0 saturated carbocycles. The summed E-state index contributed by atoms with van der Waals surface area (Å²) < 4.78 is 27.2. The van der Waals surface area contributed by atoms with Crippen LogP contribution in [0.4, 0.5) is 5.95 Å². The Morgan fingerprint density at radius 3 is 2.88 bits per heavy atom. The van der Waals surface area contributed by atoms with Gasteiger partial charge in [-0.25, -0.2) is 13.1 Å². The van der Waals surface area contributed by atoms with E-state index in [0.717, 1.165) is 0 Å². The lowest BCUT2D eigenvalue weighted by molar-refractivity contribution is 0.583. The first-order valence-electron chi connectivity index (χ1n) is 4.64. The topological polar surface area (TPSA) is 102 Å². The van der Waals surface area contributed by atoms with E-state index in [-0.39, 0.29) is 10.8 Å². The van der Waals surface area contributed by atoms with Crippen LogP contribution in [0.15, 0.2) is 23.2 Å². The summed E-state index contributed by atoms with van der Waals surface area (Å²) in [5.74, 6) is 0.156. The minimum absolute atomic E-state index is 0.133. The first-order chi connectivity index (χ1) is 7.54. The summed E-state index contributed by atoms with van der Waals surface area (Å²) in [5, 5.41) is 7.40. The van der Waals surface area contributed by atoms with Crippen LogP contribution in [0.5, 0.6) is 0 Å². The number of sulfonamides is 1. The van der Waals surface area contributed by atoms with Crippen molar-refractivity contribution in [2.75, 3.05) is 12.3 Å². The van der Waals surface area contributed by atoms with E-state index in [4.69, 9.17) is 5.73 Å². The average Bonchev–Trinajstić information content (AvgIpc) is 2.60. The molecule has 0 saturated heterocycles. The number of hydrogen-bond donors (Lipinski definition) is 2. The molecule has 0 fully saturated rings. The zero-order valence-corrected chi connectivity index (χ0v) is 9.40. The highest BCUT2D eigenvalue weighted by Gasteiger charge is 2.14. The summed E-state index contributed by atoms with van der Waals surface area (Å²) in [6, 6.07) is 3.01. The van der Waals surface area contributed by atoms with Gasteiger partial charge in [0.05, 0.1) is 4.90 Å². The normalized spacial score (nSPS) is 12.1. The Kier molecular flexibility index (Phi) is 2.52. The Balaban J connectivity index is 2.58. The van der Waals surface area contributed by atoms with E-state index in [0.29, 0.717) is 12.2 Å². The summed E-state index contributed by atoms with van der Waals surface area (Å²) >= 11 is 0. The SMILES string of the molecule is CCNS(=O)(=O)c1ccc2nnc(N)n2c1. The zero-order valence-electron chi connectivity index (χ0n) is 8.58. The van der Waals surface area contributed by atoms with Gasteiger partial charge in [0.2, 0.25) is 16.0 Å². The van der Waals surface area contributed by atoms with Gasteiger partial charge >= 0.3 is 0 Å². The molecule has 0 radical (unpaired) electrons. The molecule has 16 heavy (non-hydrogen) atoms. The van der Waals surface area contributed by atoms with Gasteiger partial charge < -0.3 is 5.73 Å². The van der Waals surface area contributed by atoms with Crippen LogP contribution in [0.2, 0.25) is 0 Å². The summed E-state index contributed by atoms with van der Waals surface area (Å²) in [5.41, 5.74) is 6.04. The molecule has 2 rings (SSSR count). The minimum Gasteiger partial charge on any atom is -0.368 e. The van der Waals surface area contributed by atoms with E-state index >= 15 is 0 Å². The number of hydrogen-bond acceptors (Lipinski definition) is 5. The number of fused-ring (bicyclic) bond motifs is 1. The van der Waals surface area contributed by atoms with Crippen molar-refractivity contribution in [2.24, 2.45) is 0 Å². The van der Waals surface area contributed by atoms with E-state index in [2.05, 4.69) is 14.9 Å². The van der Waals surface area contributed by atoms with Crippen LogP contribution in [0.25, 0.3) is 5.65 Å². The second-order valence-electron chi connectivity index (χ2n) is 3.15. The second kappa shape index (κ2) is 3.72. The molecule has 2 heterocycles.